The molecule has 1 unspecified atom stereocenters. The Bertz CT molecular complexity index is 1040. The van der Waals surface area contributed by atoms with Crippen molar-refractivity contribution in [3.63, 3.8) is 0 Å². The lowest BCUT2D eigenvalue weighted by Gasteiger charge is -2.37. The number of carbonyl (C=O) groups is 3. The third kappa shape index (κ3) is 5.99. The molecule has 2 aliphatic rings. The second kappa shape index (κ2) is 11.2. The van der Waals surface area contributed by atoms with Crippen molar-refractivity contribution in [2.24, 2.45) is 5.92 Å². The van der Waals surface area contributed by atoms with Gasteiger partial charge in [0, 0.05) is 18.9 Å². The Labute approximate surface area is 210 Å². The molecule has 1 saturated heterocycles. The summed E-state index contributed by atoms with van der Waals surface area (Å²) in [6.07, 6.45) is 1.37. The number of fused-ring (bicyclic) bond motifs is 3. The fraction of sp³-hybridized carbons (Fsp3) is 0.444. The van der Waals surface area contributed by atoms with Crippen LogP contribution in [0.3, 0.4) is 0 Å². The molecule has 2 aromatic rings. The fourth-order valence-corrected chi connectivity index (χ4v) is 6.15. The van der Waals surface area contributed by atoms with E-state index in [9.17, 15) is 14.4 Å². The summed E-state index contributed by atoms with van der Waals surface area (Å²) in [5, 5.41) is 14.8. The third-order valence-corrected chi connectivity index (χ3v) is 7.97. The van der Waals surface area contributed by atoms with Crippen molar-refractivity contribution >= 4 is 29.7 Å². The van der Waals surface area contributed by atoms with Gasteiger partial charge < -0.3 is 20.5 Å². The minimum absolute atomic E-state index is 0.0227. The van der Waals surface area contributed by atoms with E-state index in [1.54, 1.807) is 18.7 Å². The van der Waals surface area contributed by atoms with Crippen LogP contribution in [0.15, 0.2) is 48.5 Å². The van der Waals surface area contributed by atoms with Gasteiger partial charge in [0.2, 0.25) is 5.91 Å². The zero-order valence-corrected chi connectivity index (χ0v) is 20.7. The largest absolute Gasteiger partial charge is 0.481 e. The lowest BCUT2D eigenvalue weighted by atomic mass is 9.88. The van der Waals surface area contributed by atoms with Crippen molar-refractivity contribution in [1.82, 2.24) is 10.6 Å². The first-order chi connectivity index (χ1) is 16.9. The third-order valence-electron chi connectivity index (χ3n) is 6.98. The fourth-order valence-electron chi connectivity index (χ4n) is 4.88. The summed E-state index contributed by atoms with van der Waals surface area (Å²) < 4.78 is 5.73. The number of carbonyl (C=O) groups excluding carboxylic acids is 2. The van der Waals surface area contributed by atoms with Crippen molar-refractivity contribution in [3.8, 4) is 11.1 Å². The number of hydrogen-bond donors (Lipinski definition) is 3. The van der Waals surface area contributed by atoms with E-state index >= 15 is 0 Å². The van der Waals surface area contributed by atoms with Gasteiger partial charge in [-0.1, -0.05) is 55.5 Å². The minimum atomic E-state index is -0.878. The Hall–Kier alpha value is -3.00. The van der Waals surface area contributed by atoms with Gasteiger partial charge >= 0.3 is 12.1 Å². The molecule has 1 aliphatic heterocycles. The average molecular weight is 497 g/mol. The van der Waals surface area contributed by atoms with E-state index in [0.717, 1.165) is 22.6 Å². The highest BCUT2D eigenvalue weighted by atomic mass is 32.2. The number of alkyl carbamates (subject to hydrolysis) is 1. The highest BCUT2D eigenvalue weighted by Gasteiger charge is 2.37. The summed E-state index contributed by atoms with van der Waals surface area (Å²) in [4.78, 5) is 36.5. The first kappa shape index (κ1) is 25.1. The van der Waals surface area contributed by atoms with Crippen molar-refractivity contribution in [2.45, 2.75) is 44.1 Å². The van der Waals surface area contributed by atoms with Crippen LogP contribution in [0.4, 0.5) is 4.79 Å². The number of carboxylic acid groups (broad SMARTS) is 1. The highest BCUT2D eigenvalue weighted by Crippen LogP contribution is 2.44. The number of thioether (sulfide) groups is 1. The smallest absolute Gasteiger partial charge is 0.407 e. The molecule has 0 radical (unpaired) electrons. The molecule has 0 saturated carbocycles. The summed E-state index contributed by atoms with van der Waals surface area (Å²) in [7, 11) is 0. The number of benzene rings is 2. The van der Waals surface area contributed by atoms with Crippen molar-refractivity contribution < 1.29 is 24.2 Å². The molecule has 8 heteroatoms. The van der Waals surface area contributed by atoms with E-state index in [4.69, 9.17) is 9.84 Å². The number of hydrogen-bond acceptors (Lipinski definition) is 5. The second-order valence-corrected chi connectivity index (χ2v) is 10.6. The van der Waals surface area contributed by atoms with Gasteiger partial charge in [0.25, 0.3) is 0 Å². The number of rotatable bonds is 9. The van der Waals surface area contributed by atoms with Crippen LogP contribution in [0.1, 0.15) is 49.7 Å². The molecule has 1 atom stereocenters. The summed E-state index contributed by atoms with van der Waals surface area (Å²) in [5.41, 5.74) is 4.00. The molecule has 0 aromatic heterocycles. The maximum Gasteiger partial charge on any atom is 0.407 e. The molecule has 0 spiro atoms. The molecule has 4 rings (SSSR count). The van der Waals surface area contributed by atoms with E-state index in [1.807, 2.05) is 24.3 Å². The van der Waals surface area contributed by atoms with Crippen LogP contribution < -0.4 is 10.6 Å². The Morgan fingerprint density at radius 1 is 1.06 bits per heavy atom. The zero-order valence-electron chi connectivity index (χ0n) is 19.9. The molecule has 1 aliphatic carbocycles. The van der Waals surface area contributed by atoms with Gasteiger partial charge in [-0.15, -0.1) is 0 Å². The molecule has 2 amide bonds. The molecule has 1 fully saturated rings. The summed E-state index contributed by atoms with van der Waals surface area (Å²) >= 11 is 1.81. The van der Waals surface area contributed by atoms with E-state index in [2.05, 4.69) is 34.9 Å². The SMILES string of the molecule is CC(CCNC(=O)CC1(NC(=O)OCC2c3ccccc3-c3ccccc32)CCSCC1)C(=O)O. The number of amides is 2. The number of carboxylic acids is 1. The topological polar surface area (TPSA) is 105 Å². The molecule has 3 N–H and O–H groups in total. The Kier molecular flexibility index (Phi) is 8.00. The van der Waals surface area contributed by atoms with E-state index in [-0.39, 0.29) is 24.9 Å². The van der Waals surface area contributed by atoms with Gasteiger partial charge in [-0.2, -0.15) is 11.8 Å². The lowest BCUT2D eigenvalue weighted by Crippen LogP contribution is -2.53. The zero-order chi connectivity index (χ0) is 24.8. The Morgan fingerprint density at radius 2 is 1.66 bits per heavy atom. The van der Waals surface area contributed by atoms with E-state index in [1.165, 1.54) is 11.1 Å². The van der Waals surface area contributed by atoms with Crippen LogP contribution in [-0.4, -0.2) is 53.3 Å². The normalized spacial score (nSPS) is 17.1. The second-order valence-electron chi connectivity index (χ2n) is 9.40. The molecule has 0 bridgehead atoms. The Balaban J connectivity index is 1.36. The number of nitrogens with one attached hydrogen (secondary N) is 2. The van der Waals surface area contributed by atoms with Crippen molar-refractivity contribution in [1.29, 1.82) is 0 Å². The number of aliphatic carboxylic acids is 1. The lowest BCUT2D eigenvalue weighted by molar-refractivity contribution is -0.141. The monoisotopic (exact) mass is 496 g/mol. The van der Waals surface area contributed by atoms with Crippen LogP contribution in [0.25, 0.3) is 11.1 Å². The van der Waals surface area contributed by atoms with Crippen LogP contribution in [0.5, 0.6) is 0 Å². The van der Waals surface area contributed by atoms with Crippen molar-refractivity contribution in [3.05, 3.63) is 59.7 Å². The summed E-state index contributed by atoms with van der Waals surface area (Å²) in [5.74, 6) is 0.102. The van der Waals surface area contributed by atoms with Gasteiger partial charge in [0.15, 0.2) is 0 Å². The molecular formula is C27H32N2O5S. The molecule has 35 heavy (non-hydrogen) atoms. The van der Waals surface area contributed by atoms with Gasteiger partial charge in [-0.05, 0) is 53.0 Å². The van der Waals surface area contributed by atoms with Gasteiger partial charge in [-0.3, -0.25) is 9.59 Å². The molecular weight excluding hydrogens is 464 g/mol. The van der Waals surface area contributed by atoms with Crippen LogP contribution in [0.2, 0.25) is 0 Å². The van der Waals surface area contributed by atoms with Crippen LogP contribution in [-0.2, 0) is 14.3 Å². The summed E-state index contributed by atoms with van der Waals surface area (Å²) in [6.45, 7) is 2.14. The molecule has 7 nitrogen and oxygen atoms in total. The maximum absolute atomic E-state index is 12.9. The summed E-state index contributed by atoms with van der Waals surface area (Å²) in [6, 6.07) is 16.4. The van der Waals surface area contributed by atoms with E-state index < -0.39 is 23.5 Å². The van der Waals surface area contributed by atoms with Crippen LogP contribution >= 0.6 is 11.8 Å². The number of ether oxygens (including phenoxy) is 1. The molecule has 186 valence electrons. The van der Waals surface area contributed by atoms with Gasteiger partial charge in [0.1, 0.15) is 6.61 Å². The predicted octanol–water partition coefficient (Wildman–Crippen LogP) is 4.41. The van der Waals surface area contributed by atoms with Gasteiger partial charge in [0.05, 0.1) is 11.5 Å². The minimum Gasteiger partial charge on any atom is -0.481 e. The standard InChI is InChI=1S/C27H32N2O5S/c1-18(25(31)32)10-13-28-24(30)16-27(11-14-35-15-12-27)29-26(33)34-17-23-21-8-4-2-6-19(21)20-7-3-5-9-22(20)23/h2-9,18,23H,10-17H2,1H3,(H,28,30)(H,29,33)(H,31,32). The predicted molar refractivity (Wildman–Crippen MR) is 137 cm³/mol. The first-order valence-electron chi connectivity index (χ1n) is 12.1. The molecule has 1 heterocycles. The first-order valence-corrected chi connectivity index (χ1v) is 13.2. The van der Waals surface area contributed by atoms with Gasteiger partial charge in [-0.25, -0.2) is 4.79 Å². The molecule has 2 aromatic carbocycles. The van der Waals surface area contributed by atoms with Crippen LogP contribution in [0, 0.1) is 5.92 Å². The van der Waals surface area contributed by atoms with E-state index in [0.29, 0.717) is 25.8 Å². The average Bonchev–Trinajstić information content (AvgIpc) is 3.16. The Morgan fingerprint density at radius 3 is 2.26 bits per heavy atom. The quantitative estimate of drug-likeness (QED) is 0.475. The maximum atomic E-state index is 12.9. The highest BCUT2D eigenvalue weighted by molar-refractivity contribution is 7.99. The van der Waals surface area contributed by atoms with Crippen molar-refractivity contribution in [2.75, 3.05) is 24.7 Å².